The molecular weight excluding hydrogens is 344 g/mol. The van der Waals surface area contributed by atoms with Gasteiger partial charge in [-0.1, -0.05) is 30.3 Å². The molecule has 136 valence electrons. The Hall–Kier alpha value is -2.18. The quantitative estimate of drug-likeness (QED) is 0.769. The van der Waals surface area contributed by atoms with Crippen LogP contribution in [0.1, 0.15) is 33.8 Å². The van der Waals surface area contributed by atoms with Gasteiger partial charge in [0.2, 0.25) is 0 Å². The van der Waals surface area contributed by atoms with Crippen LogP contribution < -0.4 is 5.32 Å². The van der Waals surface area contributed by atoms with Crippen molar-refractivity contribution in [3.8, 4) is 0 Å². The zero-order valence-corrected chi connectivity index (χ0v) is 16.1. The fourth-order valence-electron chi connectivity index (χ4n) is 3.61. The molecule has 0 bridgehead atoms. The van der Waals surface area contributed by atoms with Crippen molar-refractivity contribution >= 4 is 27.5 Å². The van der Waals surface area contributed by atoms with E-state index >= 15 is 0 Å². The molecule has 0 unspecified atom stereocenters. The molecule has 1 aliphatic heterocycles. The number of amides is 1. The summed E-state index contributed by atoms with van der Waals surface area (Å²) in [7, 11) is 2.00. The van der Waals surface area contributed by atoms with Crippen LogP contribution >= 0.6 is 11.3 Å². The largest absolute Gasteiger partial charge is 0.338 e. The number of thiophene rings is 1. The van der Waals surface area contributed by atoms with E-state index in [4.69, 9.17) is 0 Å². The molecule has 0 spiro atoms. The summed E-state index contributed by atoms with van der Waals surface area (Å²) in [5.74, 6) is 0.159. The van der Waals surface area contributed by atoms with Gasteiger partial charge in [-0.15, -0.1) is 11.3 Å². The van der Waals surface area contributed by atoms with Gasteiger partial charge in [0, 0.05) is 24.5 Å². The predicted molar refractivity (Wildman–Crippen MR) is 106 cm³/mol. The number of likely N-dealkylation sites (tertiary alicyclic amines) is 1. The Bertz CT molecular complexity index is 907. The highest BCUT2D eigenvalue weighted by molar-refractivity contribution is 7.20. The summed E-state index contributed by atoms with van der Waals surface area (Å²) in [6, 6.07) is 12.9. The van der Waals surface area contributed by atoms with Crippen LogP contribution in [-0.4, -0.2) is 46.8 Å². The summed E-state index contributed by atoms with van der Waals surface area (Å²) in [5, 5.41) is 9.08. The number of hydrogen-bond acceptors (Lipinski definition) is 4. The minimum Gasteiger partial charge on any atom is -0.338 e. The number of nitrogens with one attached hydrogen (secondary N) is 1. The van der Waals surface area contributed by atoms with Gasteiger partial charge in [0.05, 0.1) is 17.1 Å². The molecule has 1 N–H and O–H groups in total. The first-order valence-electron chi connectivity index (χ1n) is 9.13. The lowest BCUT2D eigenvalue weighted by atomic mass is 10.1. The Morgan fingerprint density at radius 1 is 1.27 bits per heavy atom. The van der Waals surface area contributed by atoms with Crippen molar-refractivity contribution in [2.24, 2.45) is 0 Å². The third-order valence-corrected chi connectivity index (χ3v) is 6.32. The van der Waals surface area contributed by atoms with Crippen molar-refractivity contribution in [3.05, 3.63) is 52.5 Å². The van der Waals surface area contributed by atoms with Gasteiger partial charge in [-0.3, -0.25) is 9.48 Å². The number of rotatable bonds is 4. The van der Waals surface area contributed by atoms with Crippen molar-refractivity contribution in [1.82, 2.24) is 20.0 Å². The summed E-state index contributed by atoms with van der Waals surface area (Å²) >= 11 is 1.57. The zero-order valence-electron chi connectivity index (χ0n) is 15.2. The summed E-state index contributed by atoms with van der Waals surface area (Å²) in [6.45, 7) is 4.40. The highest BCUT2D eigenvalue weighted by Crippen LogP contribution is 2.30. The van der Waals surface area contributed by atoms with E-state index in [2.05, 4.69) is 22.5 Å². The summed E-state index contributed by atoms with van der Waals surface area (Å²) < 4.78 is 2.02. The fourth-order valence-corrected chi connectivity index (χ4v) is 4.74. The van der Waals surface area contributed by atoms with Crippen molar-refractivity contribution in [1.29, 1.82) is 0 Å². The van der Waals surface area contributed by atoms with E-state index < -0.39 is 0 Å². The summed E-state index contributed by atoms with van der Waals surface area (Å²) in [4.78, 5) is 16.8. The molecule has 1 fully saturated rings. The molecule has 4 rings (SSSR count). The molecule has 0 aliphatic carbocycles. The summed E-state index contributed by atoms with van der Waals surface area (Å²) in [5.41, 5.74) is 2.20. The molecule has 26 heavy (non-hydrogen) atoms. The van der Waals surface area contributed by atoms with Crippen LogP contribution in [0.25, 0.3) is 10.2 Å². The van der Waals surface area contributed by atoms with Crippen molar-refractivity contribution in [3.63, 3.8) is 0 Å². The van der Waals surface area contributed by atoms with E-state index in [0.29, 0.717) is 6.04 Å². The number of benzene rings is 1. The molecule has 6 heteroatoms. The minimum absolute atomic E-state index is 0.159. The van der Waals surface area contributed by atoms with Crippen LogP contribution in [0.4, 0.5) is 0 Å². The molecule has 1 amide bonds. The lowest BCUT2D eigenvalue weighted by Gasteiger charge is -2.31. The number of hydrogen-bond donors (Lipinski definition) is 1. The SMILES string of the molecule is CNC1CCN(C(=O)c2cc3c(C)nn(Cc4ccccc4)c3s2)CC1. The zero-order chi connectivity index (χ0) is 18.1. The van der Waals surface area contributed by atoms with Crippen LogP contribution in [-0.2, 0) is 6.54 Å². The standard InChI is InChI=1S/C20H24N4OS/c1-14-17-12-18(19(25)23-10-8-16(21-2)9-11-23)26-20(17)24(22-14)13-15-6-4-3-5-7-15/h3-7,12,16,21H,8-11,13H2,1-2H3. The first-order valence-corrected chi connectivity index (χ1v) is 9.95. The van der Waals surface area contributed by atoms with Crippen LogP contribution in [0, 0.1) is 6.92 Å². The molecule has 2 aromatic heterocycles. The lowest BCUT2D eigenvalue weighted by molar-refractivity contribution is 0.0712. The molecule has 1 aromatic carbocycles. The molecule has 0 saturated carbocycles. The third-order valence-electron chi connectivity index (χ3n) is 5.18. The van der Waals surface area contributed by atoms with Gasteiger partial charge < -0.3 is 10.2 Å². The number of nitrogens with zero attached hydrogens (tertiary/aromatic N) is 3. The number of carbonyl (C=O) groups excluding carboxylic acids is 1. The van der Waals surface area contributed by atoms with Gasteiger partial charge in [-0.2, -0.15) is 5.10 Å². The number of aryl methyl sites for hydroxylation is 1. The van der Waals surface area contributed by atoms with E-state index in [-0.39, 0.29) is 5.91 Å². The van der Waals surface area contributed by atoms with Crippen LogP contribution in [0.2, 0.25) is 0 Å². The van der Waals surface area contributed by atoms with Gasteiger partial charge in [0.25, 0.3) is 5.91 Å². The third kappa shape index (κ3) is 3.27. The van der Waals surface area contributed by atoms with Crippen LogP contribution in [0.15, 0.2) is 36.4 Å². The number of aromatic nitrogens is 2. The van der Waals surface area contributed by atoms with Crippen molar-refractivity contribution in [2.45, 2.75) is 32.4 Å². The first kappa shape index (κ1) is 17.2. The normalized spacial score (nSPS) is 15.7. The molecule has 3 aromatic rings. The second-order valence-corrected chi connectivity index (χ2v) is 7.94. The maximum atomic E-state index is 12.9. The number of piperidine rings is 1. The van der Waals surface area contributed by atoms with Gasteiger partial charge in [-0.05, 0) is 38.4 Å². The molecular formula is C20H24N4OS. The topological polar surface area (TPSA) is 50.2 Å². The van der Waals surface area contributed by atoms with Crippen molar-refractivity contribution in [2.75, 3.05) is 20.1 Å². The maximum Gasteiger partial charge on any atom is 0.264 e. The average molecular weight is 369 g/mol. The Morgan fingerprint density at radius 2 is 2.00 bits per heavy atom. The highest BCUT2D eigenvalue weighted by Gasteiger charge is 2.25. The minimum atomic E-state index is 0.159. The lowest BCUT2D eigenvalue weighted by Crippen LogP contribution is -2.43. The van der Waals surface area contributed by atoms with Gasteiger partial charge in [0.15, 0.2) is 0 Å². The highest BCUT2D eigenvalue weighted by atomic mass is 32.1. The van der Waals surface area contributed by atoms with E-state index in [9.17, 15) is 4.79 Å². The van der Waals surface area contributed by atoms with Crippen LogP contribution in [0.5, 0.6) is 0 Å². The number of carbonyl (C=O) groups is 1. The smallest absolute Gasteiger partial charge is 0.264 e. The monoisotopic (exact) mass is 368 g/mol. The molecule has 0 atom stereocenters. The fraction of sp³-hybridized carbons (Fsp3) is 0.400. The Kier molecular flexibility index (Phi) is 4.78. The van der Waals surface area contributed by atoms with E-state index in [1.54, 1.807) is 11.3 Å². The first-order chi connectivity index (χ1) is 12.7. The van der Waals surface area contributed by atoms with E-state index in [1.165, 1.54) is 5.56 Å². The van der Waals surface area contributed by atoms with Gasteiger partial charge in [-0.25, -0.2) is 0 Å². The second-order valence-electron chi connectivity index (χ2n) is 6.91. The average Bonchev–Trinajstić information content (AvgIpc) is 3.24. The maximum absolute atomic E-state index is 12.9. The van der Waals surface area contributed by atoms with Crippen LogP contribution in [0.3, 0.4) is 0 Å². The molecule has 1 saturated heterocycles. The van der Waals surface area contributed by atoms with Gasteiger partial charge in [0.1, 0.15) is 4.83 Å². The Balaban J connectivity index is 1.58. The predicted octanol–water partition coefficient (Wildman–Crippen LogP) is 3.28. The molecule has 3 heterocycles. The molecule has 1 aliphatic rings. The second kappa shape index (κ2) is 7.21. The Labute approximate surface area is 157 Å². The van der Waals surface area contributed by atoms with Gasteiger partial charge >= 0.3 is 0 Å². The molecule has 0 radical (unpaired) electrons. The number of fused-ring (bicyclic) bond motifs is 1. The Morgan fingerprint density at radius 3 is 2.69 bits per heavy atom. The van der Waals surface area contributed by atoms with E-state index in [1.807, 2.05) is 47.8 Å². The molecule has 5 nitrogen and oxygen atoms in total. The van der Waals surface area contributed by atoms with E-state index in [0.717, 1.165) is 53.3 Å². The summed E-state index contributed by atoms with van der Waals surface area (Å²) in [6.07, 6.45) is 2.04. The van der Waals surface area contributed by atoms with Crippen molar-refractivity contribution < 1.29 is 4.79 Å².